The molecule has 0 radical (unpaired) electrons. The summed E-state index contributed by atoms with van der Waals surface area (Å²) in [4.78, 5) is 14.6. The van der Waals surface area contributed by atoms with Gasteiger partial charge in [0.25, 0.3) is 0 Å². The van der Waals surface area contributed by atoms with Gasteiger partial charge in [-0.3, -0.25) is 4.98 Å². The van der Waals surface area contributed by atoms with Crippen LogP contribution < -0.4 is 15.4 Å². The topological polar surface area (TPSA) is 107 Å². The van der Waals surface area contributed by atoms with Crippen LogP contribution in [0.5, 0.6) is 5.75 Å². The van der Waals surface area contributed by atoms with Crippen LogP contribution in [0.2, 0.25) is 0 Å². The number of rotatable bonds is 10. The lowest BCUT2D eigenvalue weighted by Gasteiger charge is -2.08. The van der Waals surface area contributed by atoms with E-state index in [2.05, 4.69) is 59.4 Å². The van der Waals surface area contributed by atoms with Crippen LogP contribution in [0.1, 0.15) is 16.1 Å². The van der Waals surface area contributed by atoms with Crippen molar-refractivity contribution in [3.05, 3.63) is 143 Å². The molecule has 8 aromatic rings. The van der Waals surface area contributed by atoms with Crippen LogP contribution >= 0.6 is 22.9 Å². The van der Waals surface area contributed by atoms with Crippen molar-refractivity contribution < 1.29 is 4.74 Å². The molecule has 0 saturated heterocycles. The lowest BCUT2D eigenvalue weighted by molar-refractivity contribution is 0.415. The number of hydrogen-bond donors (Lipinski definition) is 2. The van der Waals surface area contributed by atoms with Crippen molar-refractivity contribution in [2.24, 2.45) is 0 Å². The Morgan fingerprint density at radius 2 is 1.43 bits per heavy atom. The highest BCUT2D eigenvalue weighted by Crippen LogP contribution is 2.30. The first kappa shape index (κ1) is 31.8. The van der Waals surface area contributed by atoms with Crippen molar-refractivity contribution in [3.63, 3.8) is 0 Å². The smallest absolute Gasteiger partial charge is 0.165 e. The van der Waals surface area contributed by atoms with Gasteiger partial charge in [0.15, 0.2) is 11.3 Å². The minimum absolute atomic E-state index is 0.462. The molecule has 8 rings (SSSR count). The van der Waals surface area contributed by atoms with Crippen LogP contribution in [0.25, 0.3) is 33.5 Å². The summed E-state index contributed by atoms with van der Waals surface area (Å²) >= 11 is 7.81. The van der Waals surface area contributed by atoms with Gasteiger partial charge < -0.3 is 15.4 Å². The molecule has 0 fully saturated rings. The third-order valence-corrected chi connectivity index (χ3v) is 9.00. The van der Waals surface area contributed by atoms with Crippen molar-refractivity contribution in [3.8, 4) is 28.0 Å². The van der Waals surface area contributed by atoms with Crippen molar-refractivity contribution in [2.75, 3.05) is 17.7 Å². The van der Waals surface area contributed by atoms with Gasteiger partial charge in [-0.15, -0.1) is 22.9 Å². The van der Waals surface area contributed by atoms with Gasteiger partial charge in [0.2, 0.25) is 0 Å². The van der Waals surface area contributed by atoms with Gasteiger partial charge in [0, 0.05) is 40.5 Å². The Bertz CT molecular complexity index is 2290. The van der Waals surface area contributed by atoms with E-state index >= 15 is 0 Å². The van der Waals surface area contributed by atoms with E-state index in [1.807, 2.05) is 89.7 Å². The first-order valence-corrected chi connectivity index (χ1v) is 17.0. The van der Waals surface area contributed by atoms with Gasteiger partial charge in [0.05, 0.1) is 38.3 Å². The summed E-state index contributed by atoms with van der Waals surface area (Å²) in [5.74, 6) is 3.05. The Labute approximate surface area is 292 Å². The molecule has 0 unspecified atom stereocenters. The molecule has 2 aromatic carbocycles. The second kappa shape index (κ2) is 15.0. The van der Waals surface area contributed by atoms with Crippen molar-refractivity contribution in [1.82, 2.24) is 34.2 Å². The number of fused-ring (bicyclic) bond motifs is 2. The third kappa shape index (κ3) is 7.08. The van der Waals surface area contributed by atoms with E-state index < -0.39 is 0 Å². The number of ether oxygens (including phenoxy) is 1. The van der Waals surface area contributed by atoms with Gasteiger partial charge >= 0.3 is 0 Å². The van der Waals surface area contributed by atoms with Gasteiger partial charge in [-0.25, -0.2) is 9.97 Å². The maximum absolute atomic E-state index is 6.08. The summed E-state index contributed by atoms with van der Waals surface area (Å²) < 4.78 is 8.95. The highest BCUT2D eigenvalue weighted by molar-refractivity contribution is 7.09. The number of hydrogen-bond acceptors (Lipinski definition) is 9. The maximum Gasteiger partial charge on any atom is 0.165 e. The van der Waals surface area contributed by atoms with E-state index in [-0.39, 0.29) is 0 Å². The van der Waals surface area contributed by atoms with Crippen molar-refractivity contribution in [2.45, 2.75) is 19.0 Å². The van der Waals surface area contributed by atoms with Crippen molar-refractivity contribution >= 4 is 45.9 Å². The van der Waals surface area contributed by atoms with Gasteiger partial charge in [-0.1, -0.05) is 48.5 Å². The van der Waals surface area contributed by atoms with Crippen LogP contribution in [0.3, 0.4) is 0 Å². The number of aromatic nitrogens is 7. The summed E-state index contributed by atoms with van der Waals surface area (Å²) in [6, 6.07) is 29.8. The molecular formula is C37H32ClN9OS. The summed E-state index contributed by atoms with van der Waals surface area (Å²) in [5, 5.41) is 17.9. The Kier molecular flexibility index (Phi) is 9.72. The average Bonchev–Trinajstić information content (AvgIpc) is 3.95. The van der Waals surface area contributed by atoms with E-state index in [0.717, 1.165) is 68.7 Å². The number of benzene rings is 2. The normalized spacial score (nSPS) is 10.9. The number of alkyl halides is 1. The molecule has 0 aliphatic carbocycles. The summed E-state index contributed by atoms with van der Waals surface area (Å²) in [6.45, 7) is 1.39. The fourth-order valence-corrected chi connectivity index (χ4v) is 6.29. The van der Waals surface area contributed by atoms with Crippen LogP contribution in [0.4, 0.5) is 11.6 Å². The fourth-order valence-electron chi connectivity index (χ4n) is 5.41. The van der Waals surface area contributed by atoms with E-state index in [1.54, 1.807) is 41.6 Å². The fraction of sp³-hybridized carbons (Fsp3) is 0.108. The molecule has 0 aliphatic rings. The third-order valence-electron chi connectivity index (χ3n) is 7.84. The lowest BCUT2D eigenvalue weighted by Crippen LogP contribution is -2.06. The minimum atomic E-state index is 0.462. The van der Waals surface area contributed by atoms with Crippen LogP contribution in [-0.2, 0) is 19.0 Å². The lowest BCUT2D eigenvalue weighted by atomic mass is 10.0. The van der Waals surface area contributed by atoms with E-state index in [1.165, 1.54) is 4.88 Å². The molecule has 10 nitrogen and oxygen atoms in total. The Balaban J connectivity index is 0.000000154. The predicted molar refractivity (Wildman–Crippen MR) is 196 cm³/mol. The molecule has 244 valence electrons. The molecule has 12 heteroatoms. The number of anilines is 2. The first-order chi connectivity index (χ1) is 24.2. The SMILES string of the molecule is COc1cccc(-c2cnn3c(NCc4ccccn4)ccnc23)c1.ClCc1ccccc1-c1cnn2c(NCc3cccs3)ccnc12. The Morgan fingerprint density at radius 3 is 2.14 bits per heavy atom. The molecule has 2 N–H and O–H groups in total. The number of nitrogens with one attached hydrogen (secondary N) is 2. The van der Waals surface area contributed by atoms with E-state index in [0.29, 0.717) is 12.4 Å². The molecule has 49 heavy (non-hydrogen) atoms. The molecular weight excluding hydrogens is 654 g/mol. The summed E-state index contributed by atoms with van der Waals surface area (Å²) in [7, 11) is 1.66. The van der Waals surface area contributed by atoms with Gasteiger partial charge in [-0.05, 0) is 64.5 Å². The molecule has 0 amide bonds. The Hall–Kier alpha value is -5.78. The minimum Gasteiger partial charge on any atom is -0.497 e. The first-order valence-electron chi connectivity index (χ1n) is 15.6. The summed E-state index contributed by atoms with van der Waals surface area (Å²) in [6.07, 6.45) is 9.04. The number of methoxy groups -OCH3 is 1. The van der Waals surface area contributed by atoms with Crippen molar-refractivity contribution in [1.29, 1.82) is 0 Å². The van der Waals surface area contributed by atoms with E-state index in [9.17, 15) is 0 Å². The molecule has 6 heterocycles. The second-order valence-electron chi connectivity index (χ2n) is 10.9. The number of halogens is 1. The molecule has 0 bridgehead atoms. The summed E-state index contributed by atoms with van der Waals surface area (Å²) in [5.41, 5.74) is 7.70. The zero-order chi connectivity index (χ0) is 33.4. The molecule has 6 aromatic heterocycles. The predicted octanol–water partition coefficient (Wildman–Crippen LogP) is 8.22. The molecule has 0 saturated carbocycles. The van der Waals surface area contributed by atoms with Crippen LogP contribution in [0.15, 0.2) is 127 Å². The zero-order valence-corrected chi connectivity index (χ0v) is 28.1. The monoisotopic (exact) mass is 685 g/mol. The quantitative estimate of drug-likeness (QED) is 0.139. The van der Waals surface area contributed by atoms with Gasteiger partial charge in [-0.2, -0.15) is 19.2 Å². The molecule has 0 spiro atoms. The maximum atomic E-state index is 6.08. The Morgan fingerprint density at radius 1 is 0.694 bits per heavy atom. The molecule has 0 aliphatic heterocycles. The zero-order valence-electron chi connectivity index (χ0n) is 26.6. The van der Waals surface area contributed by atoms with Crippen LogP contribution in [-0.4, -0.2) is 41.3 Å². The largest absolute Gasteiger partial charge is 0.497 e. The van der Waals surface area contributed by atoms with Gasteiger partial charge in [0.1, 0.15) is 17.4 Å². The number of thiophene rings is 1. The average molecular weight is 686 g/mol. The number of nitrogens with zero attached hydrogens (tertiary/aromatic N) is 7. The highest BCUT2D eigenvalue weighted by Gasteiger charge is 2.14. The van der Waals surface area contributed by atoms with E-state index in [4.69, 9.17) is 16.3 Å². The second-order valence-corrected chi connectivity index (χ2v) is 12.2. The highest BCUT2D eigenvalue weighted by atomic mass is 35.5. The standard InChI is InChI=1S/C19H17N5O.C18H15ClN4S/c1-25-16-7-4-5-14(11-16)17-13-23-24-18(8-10-21-19(17)24)22-12-15-6-2-3-9-20-15;19-10-13-4-1-2-6-15(13)16-12-22-23-17(7-8-20-18(16)23)21-11-14-5-3-9-24-14/h2-11,13,22H,12H2,1H3;1-9,12,21H,10-11H2. The molecule has 0 atom stereocenters. The van der Waals surface area contributed by atoms with Crippen LogP contribution in [0, 0.1) is 0 Å². The number of pyridine rings is 1.